The van der Waals surface area contributed by atoms with Crippen LogP contribution in [0.4, 0.5) is 45.5 Å². The van der Waals surface area contributed by atoms with Crippen molar-refractivity contribution in [3.63, 3.8) is 0 Å². The molecule has 0 atom stereocenters. The first-order valence-corrected chi connectivity index (χ1v) is 31.8. The van der Waals surface area contributed by atoms with E-state index in [-0.39, 0.29) is 39.3 Å². The van der Waals surface area contributed by atoms with Gasteiger partial charge in [0.25, 0.3) is 0 Å². The lowest BCUT2D eigenvalue weighted by molar-refractivity contribution is 0.332. The van der Waals surface area contributed by atoms with Gasteiger partial charge < -0.3 is 19.0 Å². The van der Waals surface area contributed by atoms with E-state index in [0.29, 0.717) is 0 Å². The van der Waals surface area contributed by atoms with Crippen LogP contribution in [0.1, 0.15) is 157 Å². The van der Waals surface area contributed by atoms with E-state index in [1.165, 1.54) is 94.1 Å². The van der Waals surface area contributed by atoms with Crippen LogP contribution in [0, 0.1) is 0 Å². The predicted octanol–water partition coefficient (Wildman–Crippen LogP) is 22.1. The van der Waals surface area contributed by atoms with E-state index in [1.807, 2.05) is 0 Å². The monoisotopic (exact) mass is 1140 g/mol. The molecule has 3 aliphatic rings. The minimum Gasteiger partial charge on any atom is -0.456 e. The van der Waals surface area contributed by atoms with Crippen LogP contribution in [0.2, 0.25) is 0 Å². The average Bonchev–Trinajstić information content (AvgIpc) is 1.66. The van der Waals surface area contributed by atoms with E-state index in [4.69, 9.17) is 4.42 Å². The summed E-state index contributed by atoms with van der Waals surface area (Å²) in [6.45, 7) is 37.2. The van der Waals surface area contributed by atoms with Crippen molar-refractivity contribution in [2.75, 3.05) is 14.6 Å². The Morgan fingerprint density at radius 2 is 0.977 bits per heavy atom. The highest BCUT2D eigenvalue weighted by Gasteiger charge is 2.48. The Balaban J connectivity index is 1.13. The molecule has 0 fully saturated rings. The Hall–Kier alpha value is -8.28. The quantitative estimate of drug-likeness (QED) is 0.155. The molecule has 14 rings (SSSR count). The highest BCUT2D eigenvalue weighted by Crippen LogP contribution is 2.56. The van der Waals surface area contributed by atoms with Crippen LogP contribution in [0.3, 0.4) is 0 Å². The Bertz CT molecular complexity index is 4480. The zero-order valence-corrected chi connectivity index (χ0v) is 54.2. The van der Waals surface area contributed by atoms with Crippen LogP contribution in [-0.2, 0) is 32.5 Å². The zero-order chi connectivity index (χ0) is 61.1. The largest absolute Gasteiger partial charge is 0.456 e. The van der Waals surface area contributed by atoms with Gasteiger partial charge in [-0.25, -0.2) is 0 Å². The van der Waals surface area contributed by atoms with Crippen LogP contribution in [0.15, 0.2) is 199 Å². The molecule has 11 aromatic rings. The first-order chi connectivity index (χ1) is 41.2. The number of fused-ring (bicyclic) bond motifs is 11. The average molecular weight is 1140 g/mol. The summed E-state index contributed by atoms with van der Waals surface area (Å²) in [4.78, 5) is 7.84. The third kappa shape index (κ3) is 9.32. The molecule has 0 unspecified atom stereocenters. The first-order valence-electron chi connectivity index (χ1n) is 31.8. The van der Waals surface area contributed by atoms with Crippen molar-refractivity contribution in [1.82, 2.24) is 0 Å². The number of benzene rings is 10. The molecule has 3 heterocycles. The van der Waals surface area contributed by atoms with Crippen LogP contribution >= 0.6 is 0 Å². The Kier molecular flexibility index (Phi) is 12.7. The molecule has 2 aliphatic heterocycles. The lowest BCUT2D eigenvalue weighted by Crippen LogP contribution is -2.61. The maximum absolute atomic E-state index is 7.25. The van der Waals surface area contributed by atoms with Gasteiger partial charge in [-0.2, -0.15) is 0 Å². The van der Waals surface area contributed by atoms with Crippen molar-refractivity contribution in [2.45, 2.75) is 156 Å². The minimum absolute atomic E-state index is 0.00175. The molecule has 0 spiro atoms. The zero-order valence-electron chi connectivity index (χ0n) is 54.2. The lowest BCUT2D eigenvalue weighted by Gasteiger charge is -2.47. The molecule has 0 saturated carbocycles. The predicted molar refractivity (Wildman–Crippen MR) is 375 cm³/mol. The molecular weight excluding hydrogens is 1050 g/mol. The van der Waals surface area contributed by atoms with Gasteiger partial charge in [-0.05, 0) is 203 Å². The Morgan fingerprint density at radius 1 is 0.437 bits per heavy atom. The van der Waals surface area contributed by atoms with Gasteiger partial charge in [0.15, 0.2) is 0 Å². The standard InChI is InChI=1S/C82H84BN3O/c1-77(2,3)53-26-33-57(34-27-53)84(58-35-28-54(29-36-58)78(4,5)6)60-39-41-67-69(48-60)85(68-42-32-56(80(10,11)12)47-63(68)51-22-18-17-19-23-51)70-46-52-24-20-21-25-61(52)73-62-40-43-71-74(64-49-65-66(50-72(64)87-71)82(15,16)45-44-81(65,13)14)76(62)86(83(67)75(70)73)59-37-30-55(31-38-59)79(7,8)9/h17-43,46-50H,44-45H2,1-16H3. The second-order valence-electron chi connectivity index (χ2n) is 30.9. The van der Waals surface area contributed by atoms with Gasteiger partial charge in [-0.15, -0.1) is 0 Å². The van der Waals surface area contributed by atoms with Crippen molar-refractivity contribution >= 4 is 96.0 Å². The van der Waals surface area contributed by atoms with Crippen molar-refractivity contribution in [3.05, 3.63) is 228 Å². The van der Waals surface area contributed by atoms with E-state index in [0.717, 1.165) is 63.5 Å². The maximum Gasteiger partial charge on any atom is 0.333 e. The molecule has 0 N–H and O–H groups in total. The number of hydrogen-bond donors (Lipinski definition) is 0. The number of nitrogens with zero attached hydrogens (tertiary/aromatic N) is 3. The molecule has 1 aromatic heterocycles. The van der Waals surface area contributed by atoms with Gasteiger partial charge in [-0.1, -0.05) is 214 Å². The van der Waals surface area contributed by atoms with Crippen LogP contribution < -0.4 is 25.5 Å². The summed E-state index contributed by atoms with van der Waals surface area (Å²) in [7, 11) is 0. The highest BCUT2D eigenvalue weighted by atomic mass is 16.3. The molecule has 0 saturated heterocycles. The maximum atomic E-state index is 7.25. The molecule has 4 nitrogen and oxygen atoms in total. The molecule has 5 heteroatoms. The molecule has 10 aromatic carbocycles. The van der Waals surface area contributed by atoms with Gasteiger partial charge in [0.1, 0.15) is 11.2 Å². The summed E-state index contributed by atoms with van der Waals surface area (Å²) < 4.78 is 7.25. The van der Waals surface area contributed by atoms with Gasteiger partial charge in [0.2, 0.25) is 0 Å². The van der Waals surface area contributed by atoms with Gasteiger partial charge in [-0.3, -0.25) is 0 Å². The van der Waals surface area contributed by atoms with Crippen molar-refractivity contribution in [3.8, 4) is 22.3 Å². The van der Waals surface area contributed by atoms with Crippen LogP contribution in [-0.4, -0.2) is 6.85 Å². The normalized spacial score (nSPS) is 15.4. The number of anilines is 8. The second kappa shape index (κ2) is 19.6. The fourth-order valence-corrected chi connectivity index (χ4v) is 14.6. The summed E-state index contributed by atoms with van der Waals surface area (Å²) in [5, 5.41) is 4.79. The molecule has 436 valence electrons. The topological polar surface area (TPSA) is 22.9 Å². The van der Waals surface area contributed by atoms with Crippen molar-refractivity contribution < 1.29 is 4.42 Å². The number of hydrogen-bond acceptors (Lipinski definition) is 4. The highest BCUT2D eigenvalue weighted by molar-refractivity contribution is 6.94. The number of rotatable bonds is 6. The second-order valence-corrected chi connectivity index (χ2v) is 30.9. The lowest BCUT2D eigenvalue weighted by atomic mass is 9.43. The van der Waals surface area contributed by atoms with Crippen molar-refractivity contribution in [2.24, 2.45) is 0 Å². The summed E-state index contributed by atoms with van der Waals surface area (Å²) >= 11 is 0. The molecule has 0 amide bonds. The minimum atomic E-state index is -0.268. The molecule has 87 heavy (non-hydrogen) atoms. The fraction of sp³-hybridized carbons (Fsp3) is 0.293. The summed E-state index contributed by atoms with van der Waals surface area (Å²) in [5.74, 6) is 0. The van der Waals surface area contributed by atoms with Gasteiger partial charge in [0, 0.05) is 56.3 Å². The molecule has 0 bridgehead atoms. The van der Waals surface area contributed by atoms with E-state index in [9.17, 15) is 0 Å². The van der Waals surface area contributed by atoms with Crippen molar-refractivity contribution in [1.29, 1.82) is 0 Å². The number of furan rings is 1. The molecule has 0 radical (unpaired) electrons. The van der Waals surface area contributed by atoms with Crippen LogP contribution in [0.5, 0.6) is 0 Å². The SMILES string of the molecule is CC(C)(C)c1ccc(N2B3c4ccc(N(c5ccc(C(C)(C)C)cc5)c5ccc(C(C)(C)C)cc5)cc4N(c4ccc(C(C)(C)C)cc4-c4ccccc4)c4cc5ccccc5c(c43)-c3ccc4oc5cc6c(cc5c4c32)C(C)(C)CCC6(C)C)cc1. The third-order valence-electron chi connectivity index (χ3n) is 19.9. The Morgan fingerprint density at radius 3 is 1.57 bits per heavy atom. The molecular formula is C82H84BN3O. The van der Waals surface area contributed by atoms with Gasteiger partial charge in [0.05, 0.1) is 11.1 Å². The first kappa shape index (κ1) is 56.5. The summed E-state index contributed by atoms with van der Waals surface area (Å²) in [6, 6.07) is 75.1. The summed E-state index contributed by atoms with van der Waals surface area (Å²) in [6.07, 6.45) is 2.27. The van der Waals surface area contributed by atoms with Gasteiger partial charge >= 0.3 is 6.85 Å². The van der Waals surface area contributed by atoms with Crippen LogP contribution in [0.25, 0.3) is 55.0 Å². The third-order valence-corrected chi connectivity index (χ3v) is 19.9. The van der Waals surface area contributed by atoms with E-state index in [1.54, 1.807) is 0 Å². The Labute approximate surface area is 518 Å². The smallest absolute Gasteiger partial charge is 0.333 e. The molecule has 1 aliphatic carbocycles. The van der Waals surface area contributed by atoms with E-state index in [2.05, 4.69) is 320 Å². The van der Waals surface area contributed by atoms with E-state index >= 15 is 0 Å². The fourth-order valence-electron chi connectivity index (χ4n) is 14.6. The van der Waals surface area contributed by atoms with E-state index < -0.39 is 0 Å². The summed E-state index contributed by atoms with van der Waals surface area (Å²) in [5.41, 5.74) is 26.2.